The molecule has 0 spiro atoms. The maximum atomic E-state index is 12.1. The molecule has 0 aliphatic rings. The van der Waals surface area contributed by atoms with Crippen LogP contribution >= 0.6 is 0 Å². The first-order chi connectivity index (χ1) is 8.81. The Hall–Kier alpha value is -1.34. The topological polar surface area (TPSA) is 96.6 Å². The number of rotatable bonds is 7. The normalized spacial score (nSPS) is 12.0. The number of hydrogen-bond acceptors (Lipinski definition) is 4. The second-order valence-corrected chi connectivity index (χ2v) is 6.11. The molecule has 0 atom stereocenters. The molecule has 2 N–H and O–H groups in total. The van der Waals surface area contributed by atoms with Crippen LogP contribution in [0.3, 0.4) is 0 Å². The molecular formula is C12H19NO5S. The van der Waals surface area contributed by atoms with E-state index in [-0.39, 0.29) is 22.3 Å². The van der Waals surface area contributed by atoms with E-state index in [4.69, 9.17) is 9.52 Å². The number of aryl methyl sites for hydroxylation is 1. The Morgan fingerprint density at radius 1 is 1.42 bits per heavy atom. The SMILES string of the molecule is CCC(CC)CNS(=O)(=O)c1cc(C(=O)O)oc1C. The van der Waals surface area contributed by atoms with Crippen molar-refractivity contribution in [1.29, 1.82) is 0 Å². The number of sulfonamides is 1. The van der Waals surface area contributed by atoms with Crippen molar-refractivity contribution >= 4 is 16.0 Å². The van der Waals surface area contributed by atoms with Gasteiger partial charge in [-0.3, -0.25) is 0 Å². The average Bonchev–Trinajstić information content (AvgIpc) is 2.73. The molecule has 0 fully saturated rings. The maximum absolute atomic E-state index is 12.1. The van der Waals surface area contributed by atoms with E-state index in [2.05, 4.69) is 4.72 Å². The number of hydrogen-bond donors (Lipinski definition) is 2. The van der Waals surface area contributed by atoms with Crippen LogP contribution in [-0.4, -0.2) is 26.0 Å². The number of aromatic carboxylic acids is 1. The lowest BCUT2D eigenvalue weighted by atomic mass is 10.0. The lowest BCUT2D eigenvalue weighted by Gasteiger charge is -2.13. The van der Waals surface area contributed by atoms with Crippen LogP contribution in [0.4, 0.5) is 0 Å². The monoisotopic (exact) mass is 289 g/mol. The highest BCUT2D eigenvalue weighted by atomic mass is 32.2. The first-order valence-corrected chi connectivity index (χ1v) is 7.63. The zero-order valence-corrected chi connectivity index (χ0v) is 12.1. The number of furan rings is 1. The summed E-state index contributed by atoms with van der Waals surface area (Å²) in [5.74, 6) is -1.32. The van der Waals surface area contributed by atoms with Crippen molar-refractivity contribution in [2.45, 2.75) is 38.5 Å². The molecule has 19 heavy (non-hydrogen) atoms. The quantitative estimate of drug-likeness (QED) is 0.800. The van der Waals surface area contributed by atoms with E-state index in [0.29, 0.717) is 6.54 Å². The number of nitrogens with one attached hydrogen (secondary N) is 1. The van der Waals surface area contributed by atoms with Crippen LogP contribution in [0.15, 0.2) is 15.4 Å². The molecule has 0 aliphatic carbocycles. The Balaban J connectivity index is 2.91. The molecule has 1 heterocycles. The van der Waals surface area contributed by atoms with Crippen LogP contribution in [0.2, 0.25) is 0 Å². The van der Waals surface area contributed by atoms with E-state index in [0.717, 1.165) is 18.9 Å². The summed E-state index contributed by atoms with van der Waals surface area (Å²) in [6.07, 6.45) is 1.76. The van der Waals surface area contributed by atoms with Gasteiger partial charge in [0, 0.05) is 12.6 Å². The molecule has 7 heteroatoms. The summed E-state index contributed by atoms with van der Waals surface area (Å²) in [6, 6.07) is 1.03. The third-order valence-electron chi connectivity index (χ3n) is 3.09. The van der Waals surface area contributed by atoms with Crippen molar-refractivity contribution in [3.63, 3.8) is 0 Å². The molecule has 0 aromatic carbocycles. The Morgan fingerprint density at radius 3 is 2.42 bits per heavy atom. The molecule has 0 saturated heterocycles. The highest BCUT2D eigenvalue weighted by molar-refractivity contribution is 7.89. The number of carbonyl (C=O) groups is 1. The van der Waals surface area contributed by atoms with Crippen molar-refractivity contribution in [3.05, 3.63) is 17.6 Å². The van der Waals surface area contributed by atoms with Gasteiger partial charge < -0.3 is 9.52 Å². The summed E-state index contributed by atoms with van der Waals surface area (Å²) in [4.78, 5) is 10.6. The Bertz CT molecular complexity index is 542. The molecular weight excluding hydrogens is 270 g/mol. The van der Waals surface area contributed by atoms with Gasteiger partial charge in [0.2, 0.25) is 15.8 Å². The average molecular weight is 289 g/mol. The molecule has 0 bridgehead atoms. The predicted molar refractivity (Wildman–Crippen MR) is 69.7 cm³/mol. The molecule has 1 rings (SSSR count). The summed E-state index contributed by atoms with van der Waals surface area (Å²) in [6.45, 7) is 5.75. The fourth-order valence-corrected chi connectivity index (χ4v) is 3.01. The van der Waals surface area contributed by atoms with Crippen LogP contribution in [0.5, 0.6) is 0 Å². The van der Waals surface area contributed by atoms with E-state index in [1.807, 2.05) is 13.8 Å². The number of carboxylic acids is 1. The van der Waals surface area contributed by atoms with Crippen LogP contribution in [0, 0.1) is 12.8 Å². The predicted octanol–water partition coefficient (Wildman–Crippen LogP) is 2.00. The molecule has 1 aromatic rings. The zero-order chi connectivity index (χ0) is 14.6. The van der Waals surface area contributed by atoms with Gasteiger partial charge in [-0.1, -0.05) is 26.7 Å². The van der Waals surface area contributed by atoms with E-state index < -0.39 is 16.0 Å². The maximum Gasteiger partial charge on any atom is 0.371 e. The van der Waals surface area contributed by atoms with Gasteiger partial charge in [0.15, 0.2) is 0 Å². The summed E-state index contributed by atoms with van der Waals surface area (Å²) < 4.78 is 31.5. The van der Waals surface area contributed by atoms with E-state index in [1.54, 1.807) is 0 Å². The van der Waals surface area contributed by atoms with Gasteiger partial charge in [0.05, 0.1) is 0 Å². The molecule has 0 unspecified atom stereocenters. The van der Waals surface area contributed by atoms with Crippen molar-refractivity contribution < 1.29 is 22.7 Å². The van der Waals surface area contributed by atoms with E-state index in [9.17, 15) is 13.2 Å². The van der Waals surface area contributed by atoms with Crippen molar-refractivity contribution in [2.75, 3.05) is 6.54 Å². The summed E-state index contributed by atoms with van der Waals surface area (Å²) in [5.41, 5.74) is 0. The van der Waals surface area contributed by atoms with Gasteiger partial charge >= 0.3 is 5.97 Å². The molecule has 0 amide bonds. The minimum Gasteiger partial charge on any atom is -0.475 e. The largest absolute Gasteiger partial charge is 0.475 e. The summed E-state index contributed by atoms with van der Waals surface area (Å²) in [5, 5.41) is 8.77. The van der Waals surface area contributed by atoms with Crippen molar-refractivity contribution in [3.8, 4) is 0 Å². The fourth-order valence-electron chi connectivity index (χ4n) is 1.72. The standard InChI is InChI=1S/C12H19NO5S/c1-4-9(5-2)7-13-19(16,17)11-6-10(12(14)15)18-8(11)3/h6,9,13H,4-5,7H2,1-3H3,(H,14,15). The van der Waals surface area contributed by atoms with Gasteiger partial charge in [0.25, 0.3) is 0 Å². The summed E-state index contributed by atoms with van der Waals surface area (Å²) >= 11 is 0. The first-order valence-electron chi connectivity index (χ1n) is 6.15. The molecule has 108 valence electrons. The first kappa shape index (κ1) is 15.7. The van der Waals surface area contributed by atoms with E-state index in [1.165, 1.54) is 6.92 Å². The van der Waals surface area contributed by atoms with Gasteiger partial charge in [-0.2, -0.15) is 0 Å². The van der Waals surface area contributed by atoms with Crippen LogP contribution < -0.4 is 4.72 Å². The summed E-state index contributed by atoms with van der Waals surface area (Å²) in [7, 11) is -3.73. The molecule has 1 aromatic heterocycles. The highest BCUT2D eigenvalue weighted by Crippen LogP contribution is 2.20. The van der Waals surface area contributed by atoms with Gasteiger partial charge in [-0.25, -0.2) is 17.9 Å². The highest BCUT2D eigenvalue weighted by Gasteiger charge is 2.24. The minimum absolute atomic E-state index is 0.0782. The second kappa shape index (κ2) is 6.21. The molecule has 6 nitrogen and oxygen atoms in total. The third kappa shape index (κ3) is 3.81. The van der Waals surface area contributed by atoms with Gasteiger partial charge in [-0.15, -0.1) is 0 Å². The second-order valence-electron chi connectivity index (χ2n) is 4.37. The Labute approximate surface area is 112 Å². The fraction of sp³-hybridized carbons (Fsp3) is 0.583. The molecule has 0 radical (unpaired) electrons. The lowest BCUT2D eigenvalue weighted by Crippen LogP contribution is -2.29. The smallest absolute Gasteiger partial charge is 0.371 e. The minimum atomic E-state index is -3.73. The molecule has 0 aliphatic heterocycles. The van der Waals surface area contributed by atoms with Gasteiger partial charge in [0.1, 0.15) is 10.7 Å². The van der Waals surface area contributed by atoms with Crippen LogP contribution in [0.25, 0.3) is 0 Å². The lowest BCUT2D eigenvalue weighted by molar-refractivity contribution is 0.0661. The van der Waals surface area contributed by atoms with Crippen molar-refractivity contribution in [2.24, 2.45) is 5.92 Å². The van der Waals surface area contributed by atoms with Crippen molar-refractivity contribution in [1.82, 2.24) is 4.72 Å². The number of carboxylic acid groups (broad SMARTS) is 1. The Morgan fingerprint density at radius 2 is 2.00 bits per heavy atom. The molecule has 0 saturated carbocycles. The Kier molecular flexibility index (Phi) is 5.13. The zero-order valence-electron chi connectivity index (χ0n) is 11.3. The third-order valence-corrected chi connectivity index (χ3v) is 4.62. The van der Waals surface area contributed by atoms with Crippen LogP contribution in [0.1, 0.15) is 43.0 Å². The van der Waals surface area contributed by atoms with Crippen LogP contribution in [-0.2, 0) is 10.0 Å². The van der Waals surface area contributed by atoms with E-state index >= 15 is 0 Å². The van der Waals surface area contributed by atoms with Gasteiger partial charge in [-0.05, 0) is 12.8 Å².